The van der Waals surface area contributed by atoms with Gasteiger partial charge in [0, 0.05) is 19.1 Å². The highest BCUT2D eigenvalue weighted by atomic mass is 16.5. The van der Waals surface area contributed by atoms with E-state index >= 15 is 0 Å². The molecule has 78 valence electrons. The van der Waals surface area contributed by atoms with Crippen LogP contribution in [0.5, 0.6) is 0 Å². The fourth-order valence-electron chi connectivity index (χ4n) is 0.978. The Morgan fingerprint density at radius 1 is 1.62 bits per heavy atom. The van der Waals surface area contributed by atoms with Crippen LogP contribution in [-0.2, 0) is 9.53 Å². The van der Waals surface area contributed by atoms with Crippen molar-refractivity contribution < 1.29 is 9.53 Å². The third-order valence-corrected chi connectivity index (χ3v) is 1.68. The van der Waals surface area contributed by atoms with E-state index in [0.29, 0.717) is 26.2 Å². The van der Waals surface area contributed by atoms with Crippen LogP contribution in [0.15, 0.2) is 0 Å². The summed E-state index contributed by atoms with van der Waals surface area (Å²) in [4.78, 5) is 11.2. The standard InChI is InChI=1S/C9H20N2O2/c1-3-13-7-5-9(12)11-8(2)4-6-10/h8H,3-7,10H2,1-2H3,(H,11,12). The Kier molecular flexibility index (Phi) is 7.63. The molecule has 0 aromatic rings. The topological polar surface area (TPSA) is 64.3 Å². The van der Waals surface area contributed by atoms with Gasteiger partial charge in [-0.15, -0.1) is 0 Å². The molecule has 0 saturated heterocycles. The van der Waals surface area contributed by atoms with Crippen molar-refractivity contribution in [1.29, 1.82) is 0 Å². The van der Waals surface area contributed by atoms with E-state index in [-0.39, 0.29) is 11.9 Å². The molecule has 0 aromatic carbocycles. The fraction of sp³-hybridized carbons (Fsp3) is 0.889. The van der Waals surface area contributed by atoms with Crippen molar-refractivity contribution in [3.8, 4) is 0 Å². The fourth-order valence-corrected chi connectivity index (χ4v) is 0.978. The van der Waals surface area contributed by atoms with Gasteiger partial charge >= 0.3 is 0 Å². The van der Waals surface area contributed by atoms with Crippen LogP contribution in [0, 0.1) is 0 Å². The number of ether oxygens (including phenoxy) is 1. The number of rotatable bonds is 7. The molecule has 1 amide bonds. The van der Waals surface area contributed by atoms with E-state index in [2.05, 4.69) is 5.32 Å². The summed E-state index contributed by atoms with van der Waals surface area (Å²) >= 11 is 0. The van der Waals surface area contributed by atoms with Crippen LogP contribution >= 0.6 is 0 Å². The molecule has 4 nitrogen and oxygen atoms in total. The summed E-state index contributed by atoms with van der Waals surface area (Å²) in [6.45, 7) is 5.62. The Morgan fingerprint density at radius 2 is 2.31 bits per heavy atom. The van der Waals surface area contributed by atoms with Gasteiger partial charge in [0.25, 0.3) is 0 Å². The number of hydrogen-bond donors (Lipinski definition) is 2. The van der Waals surface area contributed by atoms with Gasteiger partial charge in [0.1, 0.15) is 0 Å². The SMILES string of the molecule is CCOCCC(=O)NC(C)CCN. The first-order valence-electron chi connectivity index (χ1n) is 4.77. The molecule has 0 aliphatic rings. The molecule has 0 bridgehead atoms. The van der Waals surface area contributed by atoms with E-state index in [1.54, 1.807) is 0 Å². The summed E-state index contributed by atoms with van der Waals surface area (Å²) in [5.41, 5.74) is 5.35. The van der Waals surface area contributed by atoms with Gasteiger partial charge in [-0.25, -0.2) is 0 Å². The summed E-state index contributed by atoms with van der Waals surface area (Å²) < 4.78 is 5.06. The van der Waals surface area contributed by atoms with E-state index in [1.165, 1.54) is 0 Å². The number of amides is 1. The van der Waals surface area contributed by atoms with Crippen LogP contribution in [0.1, 0.15) is 26.7 Å². The second kappa shape index (κ2) is 8.01. The number of carbonyl (C=O) groups excluding carboxylic acids is 1. The zero-order valence-corrected chi connectivity index (χ0v) is 8.51. The van der Waals surface area contributed by atoms with Crippen LogP contribution in [0.25, 0.3) is 0 Å². The van der Waals surface area contributed by atoms with Gasteiger partial charge < -0.3 is 15.8 Å². The molecule has 13 heavy (non-hydrogen) atoms. The predicted octanol–water partition coefficient (Wildman–Crippen LogP) is 0.267. The molecule has 0 aromatic heterocycles. The molecule has 0 spiro atoms. The van der Waals surface area contributed by atoms with Crippen LogP contribution < -0.4 is 11.1 Å². The van der Waals surface area contributed by atoms with E-state index in [9.17, 15) is 4.79 Å². The van der Waals surface area contributed by atoms with Crippen molar-refractivity contribution in [3.63, 3.8) is 0 Å². The Balaban J connectivity index is 3.38. The monoisotopic (exact) mass is 188 g/mol. The highest BCUT2D eigenvalue weighted by Crippen LogP contribution is 1.90. The van der Waals surface area contributed by atoms with Gasteiger partial charge in [0.15, 0.2) is 0 Å². The van der Waals surface area contributed by atoms with Crippen LogP contribution in [0.3, 0.4) is 0 Å². The van der Waals surface area contributed by atoms with E-state index in [4.69, 9.17) is 10.5 Å². The van der Waals surface area contributed by atoms with Gasteiger partial charge in [-0.05, 0) is 26.8 Å². The number of hydrogen-bond acceptors (Lipinski definition) is 3. The minimum Gasteiger partial charge on any atom is -0.381 e. The molecule has 0 fully saturated rings. The third kappa shape index (κ3) is 7.74. The zero-order chi connectivity index (χ0) is 10.1. The van der Waals surface area contributed by atoms with E-state index in [1.807, 2.05) is 13.8 Å². The molecule has 0 aliphatic heterocycles. The number of nitrogens with two attached hydrogens (primary N) is 1. The van der Waals surface area contributed by atoms with Crippen LogP contribution in [-0.4, -0.2) is 31.7 Å². The summed E-state index contributed by atoms with van der Waals surface area (Å²) in [6.07, 6.45) is 1.25. The lowest BCUT2D eigenvalue weighted by Gasteiger charge is -2.12. The normalized spacial score (nSPS) is 12.5. The molecule has 1 atom stereocenters. The summed E-state index contributed by atoms with van der Waals surface area (Å²) in [6, 6.07) is 0.166. The lowest BCUT2D eigenvalue weighted by Crippen LogP contribution is -2.34. The van der Waals surface area contributed by atoms with Crippen LogP contribution in [0.2, 0.25) is 0 Å². The molecular weight excluding hydrogens is 168 g/mol. The second-order valence-corrected chi connectivity index (χ2v) is 2.99. The quantitative estimate of drug-likeness (QED) is 0.563. The largest absolute Gasteiger partial charge is 0.381 e. The maximum atomic E-state index is 11.2. The van der Waals surface area contributed by atoms with E-state index < -0.39 is 0 Å². The summed E-state index contributed by atoms with van der Waals surface area (Å²) in [7, 11) is 0. The summed E-state index contributed by atoms with van der Waals surface area (Å²) in [5.74, 6) is 0.0365. The first-order chi connectivity index (χ1) is 6.20. The Hall–Kier alpha value is -0.610. The third-order valence-electron chi connectivity index (χ3n) is 1.68. The smallest absolute Gasteiger partial charge is 0.222 e. The molecular formula is C9H20N2O2. The van der Waals surface area contributed by atoms with Crippen molar-refractivity contribution in [1.82, 2.24) is 5.32 Å². The second-order valence-electron chi connectivity index (χ2n) is 2.99. The average Bonchev–Trinajstić information content (AvgIpc) is 2.05. The molecule has 0 saturated carbocycles. The van der Waals surface area contributed by atoms with Gasteiger partial charge in [-0.2, -0.15) is 0 Å². The zero-order valence-electron chi connectivity index (χ0n) is 8.51. The molecule has 1 unspecified atom stereocenters. The van der Waals surface area contributed by atoms with Crippen molar-refractivity contribution in [2.75, 3.05) is 19.8 Å². The van der Waals surface area contributed by atoms with Crippen molar-refractivity contribution in [2.45, 2.75) is 32.7 Å². The van der Waals surface area contributed by atoms with Crippen LogP contribution in [0.4, 0.5) is 0 Å². The number of carbonyl (C=O) groups is 1. The minimum absolute atomic E-state index is 0.0365. The molecule has 4 heteroatoms. The van der Waals surface area contributed by atoms with Crippen molar-refractivity contribution >= 4 is 5.91 Å². The minimum atomic E-state index is 0.0365. The number of nitrogens with one attached hydrogen (secondary N) is 1. The predicted molar refractivity (Wildman–Crippen MR) is 52.4 cm³/mol. The van der Waals surface area contributed by atoms with Crippen molar-refractivity contribution in [3.05, 3.63) is 0 Å². The van der Waals surface area contributed by atoms with Gasteiger partial charge in [-0.1, -0.05) is 0 Å². The Labute approximate surface area is 79.8 Å². The van der Waals surface area contributed by atoms with Gasteiger partial charge in [0.2, 0.25) is 5.91 Å². The van der Waals surface area contributed by atoms with E-state index in [0.717, 1.165) is 6.42 Å². The lowest BCUT2D eigenvalue weighted by atomic mass is 10.2. The van der Waals surface area contributed by atoms with Gasteiger partial charge in [0.05, 0.1) is 6.61 Å². The first kappa shape index (κ1) is 12.4. The Bertz CT molecular complexity index is 140. The summed E-state index contributed by atoms with van der Waals surface area (Å²) in [5, 5.41) is 2.84. The maximum absolute atomic E-state index is 11.2. The van der Waals surface area contributed by atoms with Crippen molar-refractivity contribution in [2.24, 2.45) is 5.73 Å². The molecule has 3 N–H and O–H groups in total. The highest BCUT2D eigenvalue weighted by Gasteiger charge is 2.05. The van der Waals surface area contributed by atoms with Gasteiger partial charge in [-0.3, -0.25) is 4.79 Å². The molecule has 0 radical (unpaired) electrons. The highest BCUT2D eigenvalue weighted by molar-refractivity contribution is 5.76. The lowest BCUT2D eigenvalue weighted by molar-refractivity contribution is -0.122. The molecule has 0 heterocycles. The Morgan fingerprint density at radius 3 is 2.85 bits per heavy atom. The molecule has 0 aliphatic carbocycles. The molecule has 0 rings (SSSR count). The average molecular weight is 188 g/mol. The maximum Gasteiger partial charge on any atom is 0.222 e. The first-order valence-corrected chi connectivity index (χ1v) is 4.77.